The molecule has 1 amide bonds. The van der Waals surface area contributed by atoms with E-state index in [0.717, 1.165) is 12.0 Å². The van der Waals surface area contributed by atoms with Gasteiger partial charge in [-0.3, -0.25) is 4.79 Å². The summed E-state index contributed by atoms with van der Waals surface area (Å²) in [7, 11) is 0. The van der Waals surface area contributed by atoms with Gasteiger partial charge in [0, 0.05) is 18.0 Å². The minimum atomic E-state index is -0.0405. The van der Waals surface area contributed by atoms with Gasteiger partial charge in [-0.15, -0.1) is 0 Å². The molecule has 1 unspecified atom stereocenters. The molecule has 3 nitrogen and oxygen atoms in total. The van der Waals surface area contributed by atoms with Crippen LogP contribution in [0.4, 0.5) is 0 Å². The van der Waals surface area contributed by atoms with Gasteiger partial charge in [0.25, 0.3) is 5.91 Å². The van der Waals surface area contributed by atoms with Gasteiger partial charge in [-0.1, -0.05) is 31.3 Å². The summed E-state index contributed by atoms with van der Waals surface area (Å²) in [5, 5.41) is 2.92. The van der Waals surface area contributed by atoms with Crippen molar-refractivity contribution in [2.45, 2.75) is 32.7 Å². The zero-order valence-corrected chi connectivity index (χ0v) is 11.0. The van der Waals surface area contributed by atoms with Crippen LogP contribution in [0.2, 0.25) is 0 Å². The van der Waals surface area contributed by atoms with Gasteiger partial charge in [-0.05, 0) is 31.0 Å². The second-order valence-corrected chi connectivity index (χ2v) is 4.65. The molecular formula is C13H18N2OS. The number of rotatable bonds is 5. The largest absolute Gasteiger partial charge is 0.393 e. The van der Waals surface area contributed by atoms with Crippen LogP contribution in [0.1, 0.15) is 36.2 Å². The van der Waals surface area contributed by atoms with E-state index in [1.54, 1.807) is 12.1 Å². The van der Waals surface area contributed by atoms with Crippen molar-refractivity contribution in [2.75, 3.05) is 0 Å². The lowest BCUT2D eigenvalue weighted by atomic mass is 10.1. The third-order valence-corrected chi connectivity index (χ3v) is 2.73. The Morgan fingerprint density at radius 3 is 2.47 bits per heavy atom. The van der Waals surface area contributed by atoms with Crippen LogP contribution in [0.25, 0.3) is 0 Å². The van der Waals surface area contributed by atoms with Gasteiger partial charge < -0.3 is 11.1 Å². The van der Waals surface area contributed by atoms with E-state index >= 15 is 0 Å². The third-order valence-electron chi connectivity index (χ3n) is 2.58. The molecule has 0 radical (unpaired) electrons. The molecule has 3 N–H and O–H groups in total. The Morgan fingerprint density at radius 1 is 1.41 bits per heavy atom. The summed E-state index contributed by atoms with van der Waals surface area (Å²) in [6, 6.07) is 7.55. The molecule has 0 heterocycles. The number of hydrogen-bond donors (Lipinski definition) is 2. The van der Waals surface area contributed by atoms with Crippen LogP contribution in [0.5, 0.6) is 0 Å². The maximum Gasteiger partial charge on any atom is 0.251 e. The van der Waals surface area contributed by atoms with Crippen molar-refractivity contribution in [3.05, 3.63) is 35.4 Å². The normalized spacial score (nSPS) is 11.9. The molecule has 0 aromatic heterocycles. The molecule has 0 aliphatic rings. The standard InChI is InChI=1S/C13H18N2OS/c1-3-9(2)15-13(16)11-6-4-10(5-7-11)8-12(14)17/h4-7,9H,3,8H2,1-2H3,(H2,14,17)(H,15,16). The second kappa shape index (κ2) is 6.35. The van der Waals surface area contributed by atoms with E-state index < -0.39 is 0 Å². The third kappa shape index (κ3) is 4.53. The summed E-state index contributed by atoms with van der Waals surface area (Å²) in [6.45, 7) is 4.02. The first-order chi connectivity index (χ1) is 8.02. The summed E-state index contributed by atoms with van der Waals surface area (Å²) in [4.78, 5) is 12.2. The summed E-state index contributed by atoms with van der Waals surface area (Å²) in [5.74, 6) is -0.0405. The number of nitrogens with one attached hydrogen (secondary N) is 1. The summed E-state index contributed by atoms with van der Waals surface area (Å²) in [5.41, 5.74) is 7.15. The lowest BCUT2D eigenvalue weighted by Crippen LogP contribution is -2.31. The molecule has 0 aliphatic carbocycles. The van der Waals surface area contributed by atoms with Gasteiger partial charge in [0.05, 0.1) is 4.99 Å². The molecule has 1 atom stereocenters. The minimum Gasteiger partial charge on any atom is -0.393 e. The van der Waals surface area contributed by atoms with Gasteiger partial charge in [0.1, 0.15) is 0 Å². The van der Waals surface area contributed by atoms with E-state index in [0.29, 0.717) is 17.0 Å². The number of carbonyl (C=O) groups excluding carboxylic acids is 1. The molecule has 17 heavy (non-hydrogen) atoms. The van der Waals surface area contributed by atoms with Crippen molar-refractivity contribution in [3.63, 3.8) is 0 Å². The maximum absolute atomic E-state index is 11.8. The molecular weight excluding hydrogens is 232 g/mol. The van der Waals surface area contributed by atoms with Crippen LogP contribution in [0, 0.1) is 0 Å². The maximum atomic E-state index is 11.8. The van der Waals surface area contributed by atoms with E-state index in [4.69, 9.17) is 18.0 Å². The second-order valence-electron chi connectivity index (χ2n) is 4.12. The molecule has 0 fully saturated rings. The number of carbonyl (C=O) groups is 1. The van der Waals surface area contributed by atoms with Crippen LogP contribution in [0.3, 0.4) is 0 Å². The van der Waals surface area contributed by atoms with Crippen molar-refractivity contribution in [1.82, 2.24) is 5.32 Å². The van der Waals surface area contributed by atoms with Gasteiger partial charge in [-0.25, -0.2) is 0 Å². The van der Waals surface area contributed by atoms with Crippen molar-refractivity contribution in [1.29, 1.82) is 0 Å². The fourth-order valence-electron chi connectivity index (χ4n) is 1.38. The fraction of sp³-hybridized carbons (Fsp3) is 0.385. The number of nitrogens with two attached hydrogens (primary N) is 1. The Balaban J connectivity index is 2.67. The number of benzene rings is 1. The first-order valence-electron chi connectivity index (χ1n) is 5.71. The Kier molecular flexibility index (Phi) is 5.10. The molecule has 1 aromatic carbocycles. The van der Waals surface area contributed by atoms with Crippen molar-refractivity contribution in [2.24, 2.45) is 5.73 Å². The predicted molar refractivity (Wildman–Crippen MR) is 74.2 cm³/mol. The van der Waals surface area contributed by atoms with E-state index in [1.807, 2.05) is 26.0 Å². The molecule has 0 bridgehead atoms. The van der Waals surface area contributed by atoms with Crippen LogP contribution in [-0.4, -0.2) is 16.9 Å². The number of hydrogen-bond acceptors (Lipinski definition) is 2. The van der Waals surface area contributed by atoms with E-state index in [1.165, 1.54) is 0 Å². The molecule has 0 spiro atoms. The Labute approximate surface area is 107 Å². The summed E-state index contributed by atoms with van der Waals surface area (Å²) >= 11 is 4.83. The topological polar surface area (TPSA) is 55.1 Å². The van der Waals surface area contributed by atoms with Crippen LogP contribution in [-0.2, 0) is 6.42 Å². The summed E-state index contributed by atoms with van der Waals surface area (Å²) < 4.78 is 0. The molecule has 0 saturated heterocycles. The van der Waals surface area contributed by atoms with Crippen molar-refractivity contribution >= 4 is 23.1 Å². The zero-order valence-electron chi connectivity index (χ0n) is 10.2. The van der Waals surface area contributed by atoms with Gasteiger partial charge in [0.15, 0.2) is 0 Å². The minimum absolute atomic E-state index is 0.0405. The van der Waals surface area contributed by atoms with E-state index in [2.05, 4.69) is 5.32 Å². The first-order valence-corrected chi connectivity index (χ1v) is 6.12. The SMILES string of the molecule is CCC(C)NC(=O)c1ccc(CC(N)=S)cc1. The highest BCUT2D eigenvalue weighted by atomic mass is 32.1. The zero-order chi connectivity index (χ0) is 12.8. The number of amides is 1. The van der Waals surface area contributed by atoms with Gasteiger partial charge >= 0.3 is 0 Å². The monoisotopic (exact) mass is 250 g/mol. The Morgan fingerprint density at radius 2 is 2.00 bits per heavy atom. The Bertz CT molecular complexity index is 400. The average Bonchev–Trinajstić information content (AvgIpc) is 2.28. The van der Waals surface area contributed by atoms with Crippen LogP contribution >= 0.6 is 12.2 Å². The van der Waals surface area contributed by atoms with Gasteiger partial charge in [0.2, 0.25) is 0 Å². The van der Waals surface area contributed by atoms with Crippen LogP contribution < -0.4 is 11.1 Å². The number of thiocarbonyl (C=S) groups is 1. The molecule has 1 rings (SSSR count). The van der Waals surface area contributed by atoms with Gasteiger partial charge in [-0.2, -0.15) is 0 Å². The quantitative estimate of drug-likeness (QED) is 0.786. The molecule has 1 aromatic rings. The highest BCUT2D eigenvalue weighted by Gasteiger charge is 2.08. The fourth-order valence-corrected chi connectivity index (χ4v) is 1.55. The first kappa shape index (κ1) is 13.6. The van der Waals surface area contributed by atoms with E-state index in [9.17, 15) is 4.79 Å². The smallest absolute Gasteiger partial charge is 0.251 e. The van der Waals surface area contributed by atoms with Crippen molar-refractivity contribution < 1.29 is 4.79 Å². The predicted octanol–water partition coefficient (Wildman–Crippen LogP) is 2.04. The highest BCUT2D eigenvalue weighted by molar-refractivity contribution is 7.80. The highest BCUT2D eigenvalue weighted by Crippen LogP contribution is 2.06. The summed E-state index contributed by atoms with van der Waals surface area (Å²) in [6.07, 6.45) is 1.49. The Hall–Kier alpha value is -1.42. The van der Waals surface area contributed by atoms with Crippen molar-refractivity contribution in [3.8, 4) is 0 Å². The van der Waals surface area contributed by atoms with E-state index in [-0.39, 0.29) is 11.9 Å². The average molecular weight is 250 g/mol. The lowest BCUT2D eigenvalue weighted by Gasteiger charge is -2.11. The molecule has 92 valence electrons. The molecule has 0 saturated carbocycles. The molecule has 0 aliphatic heterocycles. The van der Waals surface area contributed by atoms with Crippen LogP contribution in [0.15, 0.2) is 24.3 Å². The molecule has 4 heteroatoms. The lowest BCUT2D eigenvalue weighted by molar-refractivity contribution is 0.0939.